The summed E-state index contributed by atoms with van der Waals surface area (Å²) in [5, 5.41) is 15.4. The minimum atomic E-state index is -1.72. The molecule has 188 valence electrons. The average molecular weight is 577 g/mol. The molecule has 4 atom stereocenters. The van der Waals surface area contributed by atoms with Gasteiger partial charge in [-0.05, 0) is 47.7 Å². The van der Waals surface area contributed by atoms with Crippen molar-refractivity contribution in [1.82, 2.24) is 0 Å². The molecule has 2 aliphatic rings. The van der Waals surface area contributed by atoms with E-state index in [-0.39, 0.29) is 23.1 Å². The Labute approximate surface area is 226 Å². The summed E-state index contributed by atoms with van der Waals surface area (Å²) < 4.78 is 7.19. The lowest BCUT2D eigenvalue weighted by Gasteiger charge is -2.40. The van der Waals surface area contributed by atoms with E-state index in [1.165, 1.54) is 28.2 Å². The zero-order chi connectivity index (χ0) is 23.8. The number of hydrogen-bond acceptors (Lipinski definition) is 5. The van der Waals surface area contributed by atoms with Crippen molar-refractivity contribution >= 4 is 28.6 Å². The van der Waals surface area contributed by atoms with E-state index in [1.54, 1.807) is 0 Å². The Morgan fingerprint density at radius 1 is 1.03 bits per heavy atom. The van der Waals surface area contributed by atoms with E-state index in [0.29, 0.717) is 27.6 Å². The SMILES string of the molecule is C[N+](C)(CCCc1ccccc1)[C@H]1CC2CC[C@@H]1C2OC(=O)C(O)(c1cccs1)c1cccs1.[Br-]. The number of carbonyl (C=O) groups is 1. The van der Waals surface area contributed by atoms with Gasteiger partial charge in [0.15, 0.2) is 0 Å². The number of carbonyl (C=O) groups excluding carboxylic acids is 1. The lowest BCUT2D eigenvalue weighted by Crippen LogP contribution is -3.00. The van der Waals surface area contributed by atoms with Crippen molar-refractivity contribution in [1.29, 1.82) is 0 Å². The van der Waals surface area contributed by atoms with Gasteiger partial charge in [0.2, 0.25) is 5.60 Å². The number of rotatable bonds is 9. The van der Waals surface area contributed by atoms with E-state index >= 15 is 0 Å². The lowest BCUT2D eigenvalue weighted by atomic mass is 9.92. The van der Waals surface area contributed by atoms with Crippen LogP contribution in [0.5, 0.6) is 0 Å². The van der Waals surface area contributed by atoms with Gasteiger partial charge in [-0.25, -0.2) is 4.79 Å². The monoisotopic (exact) mass is 575 g/mol. The molecule has 3 aromatic rings. The molecule has 2 fully saturated rings. The van der Waals surface area contributed by atoms with Gasteiger partial charge in [0.1, 0.15) is 6.10 Å². The van der Waals surface area contributed by atoms with Gasteiger partial charge in [0.05, 0.1) is 36.4 Å². The smallest absolute Gasteiger partial charge is 0.349 e. The molecule has 5 rings (SSSR count). The van der Waals surface area contributed by atoms with Crippen LogP contribution in [0.25, 0.3) is 0 Å². The average Bonchev–Trinajstić information content (AvgIpc) is 3.65. The van der Waals surface area contributed by atoms with Crippen molar-refractivity contribution in [3.63, 3.8) is 0 Å². The normalized spacial score (nSPS) is 23.7. The molecule has 7 heteroatoms. The van der Waals surface area contributed by atoms with E-state index in [4.69, 9.17) is 4.74 Å². The van der Waals surface area contributed by atoms with E-state index in [2.05, 4.69) is 44.4 Å². The molecule has 2 aromatic heterocycles. The van der Waals surface area contributed by atoms with Gasteiger partial charge < -0.3 is 31.3 Å². The van der Waals surface area contributed by atoms with Crippen molar-refractivity contribution in [2.24, 2.45) is 11.8 Å². The number of aryl methyl sites for hydroxylation is 1. The molecule has 2 unspecified atom stereocenters. The Hall–Kier alpha value is -1.51. The number of nitrogens with zero attached hydrogens (tertiary/aromatic N) is 1. The van der Waals surface area contributed by atoms with Gasteiger partial charge in [-0.1, -0.05) is 42.5 Å². The molecule has 0 aliphatic heterocycles. The first-order valence-corrected chi connectivity index (χ1v) is 14.0. The Kier molecular flexibility index (Phi) is 8.23. The van der Waals surface area contributed by atoms with Crippen LogP contribution < -0.4 is 17.0 Å². The highest BCUT2D eigenvalue weighted by atomic mass is 79.9. The van der Waals surface area contributed by atoms with Gasteiger partial charge in [0, 0.05) is 24.7 Å². The van der Waals surface area contributed by atoms with Crippen molar-refractivity contribution in [3.8, 4) is 0 Å². The largest absolute Gasteiger partial charge is 1.00 e. The number of hydrogen-bond donors (Lipinski definition) is 1. The van der Waals surface area contributed by atoms with Crippen LogP contribution in [-0.2, 0) is 21.6 Å². The third kappa shape index (κ3) is 5.16. The molecule has 2 saturated carbocycles. The Balaban J connectivity index is 0.00000289. The van der Waals surface area contributed by atoms with Gasteiger partial charge in [-0.3, -0.25) is 0 Å². The summed E-state index contributed by atoms with van der Waals surface area (Å²) in [6, 6.07) is 18.6. The molecule has 0 saturated heterocycles. The van der Waals surface area contributed by atoms with Crippen LogP contribution in [0.1, 0.15) is 41.0 Å². The maximum atomic E-state index is 13.6. The van der Waals surface area contributed by atoms with Crippen LogP contribution in [0.2, 0.25) is 0 Å². The van der Waals surface area contributed by atoms with E-state index in [9.17, 15) is 9.90 Å². The number of ether oxygens (including phenoxy) is 1. The van der Waals surface area contributed by atoms with Crippen LogP contribution >= 0.6 is 22.7 Å². The van der Waals surface area contributed by atoms with Gasteiger partial charge in [-0.2, -0.15) is 0 Å². The molecule has 2 heterocycles. The molecule has 1 aromatic carbocycles. The lowest BCUT2D eigenvalue weighted by molar-refractivity contribution is -0.918. The second kappa shape index (κ2) is 10.9. The molecular formula is C28H34BrNO3S2. The molecule has 0 radical (unpaired) electrons. The third-order valence-electron chi connectivity index (χ3n) is 8.03. The first-order valence-electron chi connectivity index (χ1n) is 12.3. The summed E-state index contributed by atoms with van der Waals surface area (Å²) in [5.74, 6) is 0.229. The van der Waals surface area contributed by atoms with Crippen LogP contribution in [0, 0.1) is 11.8 Å². The molecule has 2 bridgehead atoms. The maximum absolute atomic E-state index is 13.6. The van der Waals surface area contributed by atoms with Gasteiger partial charge in [0.25, 0.3) is 0 Å². The zero-order valence-electron chi connectivity index (χ0n) is 20.3. The number of benzene rings is 1. The van der Waals surface area contributed by atoms with Crippen LogP contribution in [0.15, 0.2) is 65.4 Å². The highest BCUT2D eigenvalue weighted by Crippen LogP contribution is 2.50. The van der Waals surface area contributed by atoms with E-state index in [1.807, 2.05) is 35.0 Å². The van der Waals surface area contributed by atoms with E-state index < -0.39 is 11.6 Å². The quantitative estimate of drug-likeness (QED) is 0.315. The zero-order valence-corrected chi connectivity index (χ0v) is 23.5. The van der Waals surface area contributed by atoms with Crippen molar-refractivity contribution in [2.75, 3.05) is 20.6 Å². The fraction of sp³-hybridized carbons (Fsp3) is 0.464. The number of thiophene rings is 2. The molecule has 0 spiro atoms. The number of aliphatic hydroxyl groups is 1. The van der Waals surface area contributed by atoms with Gasteiger partial charge in [-0.15, -0.1) is 22.7 Å². The maximum Gasteiger partial charge on any atom is 0.349 e. The molecular weight excluding hydrogens is 542 g/mol. The molecule has 0 amide bonds. The standard InChI is InChI=1S/C28H34NO3S2.BrH/c1-29(2,16-6-11-20-9-4-3-5-10-20)23-19-21-14-15-22(23)26(21)32-27(30)28(31,24-12-7-17-33-24)25-13-8-18-34-25;/h3-5,7-10,12-13,17-18,21-23,26,31H,6,11,14-16,19H2,1-2H3;1H/q+1;/p-1/t21?,22-,23-,26?;/m0./s1. The minimum absolute atomic E-state index is 0. The molecule has 1 N–H and O–H groups in total. The topological polar surface area (TPSA) is 46.5 Å². The highest BCUT2D eigenvalue weighted by Gasteiger charge is 2.57. The summed E-state index contributed by atoms with van der Waals surface area (Å²) in [4.78, 5) is 14.8. The highest BCUT2D eigenvalue weighted by molar-refractivity contribution is 7.12. The number of quaternary nitrogens is 1. The summed E-state index contributed by atoms with van der Waals surface area (Å²) in [7, 11) is 4.67. The number of fused-ring (bicyclic) bond motifs is 2. The van der Waals surface area contributed by atoms with Crippen molar-refractivity contribution in [2.45, 2.75) is 49.9 Å². The molecule has 4 nitrogen and oxygen atoms in total. The fourth-order valence-electron chi connectivity index (χ4n) is 6.22. The number of halogens is 1. The molecule has 2 aliphatic carbocycles. The van der Waals surface area contributed by atoms with Crippen LogP contribution in [0.4, 0.5) is 0 Å². The first-order chi connectivity index (χ1) is 16.4. The Morgan fingerprint density at radius 3 is 2.29 bits per heavy atom. The first kappa shape index (κ1) is 26.6. The summed E-state index contributed by atoms with van der Waals surface area (Å²) in [6.07, 6.45) is 5.44. The van der Waals surface area contributed by atoms with Crippen LogP contribution in [-0.4, -0.2) is 48.3 Å². The number of esters is 1. The fourth-order valence-corrected chi connectivity index (χ4v) is 7.94. The summed E-state index contributed by atoms with van der Waals surface area (Å²) in [6.45, 7) is 1.11. The van der Waals surface area contributed by atoms with E-state index in [0.717, 1.165) is 43.1 Å². The van der Waals surface area contributed by atoms with Crippen molar-refractivity contribution in [3.05, 3.63) is 80.7 Å². The Morgan fingerprint density at radius 2 is 1.69 bits per heavy atom. The second-order valence-corrected chi connectivity index (χ2v) is 12.3. The van der Waals surface area contributed by atoms with Crippen molar-refractivity contribution < 1.29 is 36.1 Å². The molecule has 35 heavy (non-hydrogen) atoms. The summed E-state index contributed by atoms with van der Waals surface area (Å²) in [5.41, 5.74) is -0.330. The Bertz CT molecular complexity index is 1050. The van der Waals surface area contributed by atoms with Gasteiger partial charge >= 0.3 is 5.97 Å². The second-order valence-electron chi connectivity index (χ2n) is 10.4. The minimum Gasteiger partial charge on any atom is -1.00 e. The summed E-state index contributed by atoms with van der Waals surface area (Å²) >= 11 is 2.79. The predicted octanol–water partition coefficient (Wildman–Crippen LogP) is 2.47. The predicted molar refractivity (Wildman–Crippen MR) is 138 cm³/mol. The third-order valence-corrected chi connectivity index (χ3v) is 9.99. The van der Waals surface area contributed by atoms with Crippen LogP contribution in [0.3, 0.4) is 0 Å².